The van der Waals surface area contributed by atoms with Crippen molar-refractivity contribution >= 4 is 5.69 Å². The molecule has 0 N–H and O–H groups in total. The first-order valence-electron chi connectivity index (χ1n) is 4.56. The number of hydrogen-bond donors (Lipinski definition) is 0. The lowest BCUT2D eigenvalue weighted by molar-refractivity contribution is -0.651. The second kappa shape index (κ2) is 2.94. The SMILES string of the molecule is CC1(C)C([O-])=C[N+]1=Nc1ccccc1. The molecule has 0 unspecified atom stereocenters. The van der Waals surface area contributed by atoms with Crippen LogP contribution in [0.25, 0.3) is 0 Å². The second-order valence-corrected chi connectivity index (χ2v) is 3.83. The van der Waals surface area contributed by atoms with Crippen molar-refractivity contribution in [1.29, 1.82) is 0 Å². The van der Waals surface area contributed by atoms with Crippen molar-refractivity contribution in [2.75, 3.05) is 0 Å². The van der Waals surface area contributed by atoms with Gasteiger partial charge in [-0.05, 0) is 12.1 Å². The average Bonchev–Trinajstić information content (AvgIpc) is 2.19. The minimum Gasteiger partial charge on any atom is -0.867 e. The normalized spacial score (nSPS) is 21.6. The van der Waals surface area contributed by atoms with Gasteiger partial charge in [0.2, 0.25) is 5.54 Å². The van der Waals surface area contributed by atoms with E-state index >= 15 is 0 Å². The van der Waals surface area contributed by atoms with E-state index in [-0.39, 0.29) is 5.76 Å². The Balaban J connectivity index is 2.32. The number of azo groups is 2. The van der Waals surface area contributed by atoms with Crippen molar-refractivity contribution in [3.05, 3.63) is 42.3 Å². The Hall–Kier alpha value is -1.64. The van der Waals surface area contributed by atoms with Gasteiger partial charge in [0.05, 0.1) is 0 Å². The minimum atomic E-state index is -0.476. The fraction of sp³-hybridized carbons (Fsp3) is 0.273. The summed E-state index contributed by atoms with van der Waals surface area (Å²) in [6, 6.07) is 9.61. The molecular weight excluding hydrogens is 176 g/mol. The maximum Gasteiger partial charge on any atom is 0.205 e. The lowest BCUT2D eigenvalue weighted by Gasteiger charge is -2.31. The van der Waals surface area contributed by atoms with Crippen molar-refractivity contribution in [1.82, 2.24) is 0 Å². The van der Waals surface area contributed by atoms with Gasteiger partial charge in [0, 0.05) is 24.7 Å². The van der Waals surface area contributed by atoms with Crippen LogP contribution in [0.1, 0.15) is 13.8 Å². The van der Waals surface area contributed by atoms with Crippen LogP contribution in [0.4, 0.5) is 5.69 Å². The van der Waals surface area contributed by atoms with Crippen LogP contribution in [-0.4, -0.2) is 10.2 Å². The Bertz CT molecular complexity index is 405. The molecule has 1 aliphatic heterocycles. The van der Waals surface area contributed by atoms with Gasteiger partial charge < -0.3 is 5.11 Å². The highest BCUT2D eigenvalue weighted by atomic mass is 16.3. The predicted octanol–water partition coefficient (Wildman–Crippen LogP) is 1.78. The zero-order valence-corrected chi connectivity index (χ0v) is 8.27. The minimum absolute atomic E-state index is 0.122. The summed E-state index contributed by atoms with van der Waals surface area (Å²) in [6.07, 6.45) is 1.52. The molecular formula is C11H12N2O. The molecule has 3 nitrogen and oxygen atoms in total. The van der Waals surface area contributed by atoms with Crippen molar-refractivity contribution < 1.29 is 9.80 Å². The van der Waals surface area contributed by atoms with E-state index in [1.54, 1.807) is 4.70 Å². The summed E-state index contributed by atoms with van der Waals surface area (Å²) in [5.41, 5.74) is 0.389. The van der Waals surface area contributed by atoms with Gasteiger partial charge >= 0.3 is 0 Å². The highest BCUT2D eigenvalue weighted by Crippen LogP contribution is 2.28. The summed E-state index contributed by atoms with van der Waals surface area (Å²) in [5.74, 6) is 0.122. The Morgan fingerprint density at radius 2 is 1.86 bits per heavy atom. The Morgan fingerprint density at radius 1 is 1.21 bits per heavy atom. The van der Waals surface area contributed by atoms with Crippen molar-refractivity contribution in [3.8, 4) is 0 Å². The van der Waals surface area contributed by atoms with Gasteiger partial charge in [-0.25, -0.2) is 0 Å². The molecule has 0 aromatic heterocycles. The zero-order valence-electron chi connectivity index (χ0n) is 8.27. The molecule has 1 heterocycles. The fourth-order valence-electron chi connectivity index (χ4n) is 1.25. The van der Waals surface area contributed by atoms with Gasteiger partial charge in [-0.3, -0.25) is 0 Å². The van der Waals surface area contributed by atoms with Crippen LogP contribution >= 0.6 is 0 Å². The average molecular weight is 188 g/mol. The summed E-state index contributed by atoms with van der Waals surface area (Å²) in [4.78, 5) is 0. The third kappa shape index (κ3) is 1.31. The van der Waals surface area contributed by atoms with Gasteiger partial charge in [0.15, 0.2) is 6.20 Å². The van der Waals surface area contributed by atoms with E-state index in [9.17, 15) is 5.11 Å². The molecule has 1 aliphatic rings. The van der Waals surface area contributed by atoms with Crippen LogP contribution in [0.3, 0.4) is 0 Å². The van der Waals surface area contributed by atoms with Crippen LogP contribution in [0.5, 0.6) is 0 Å². The molecule has 0 bridgehead atoms. The van der Waals surface area contributed by atoms with Crippen LogP contribution < -0.4 is 5.11 Å². The monoisotopic (exact) mass is 188 g/mol. The Labute approximate surface area is 83.0 Å². The van der Waals surface area contributed by atoms with Gasteiger partial charge in [0.25, 0.3) is 0 Å². The second-order valence-electron chi connectivity index (χ2n) is 3.83. The molecule has 0 amide bonds. The smallest absolute Gasteiger partial charge is 0.205 e. The van der Waals surface area contributed by atoms with Gasteiger partial charge in [-0.2, -0.15) is 0 Å². The molecule has 1 aromatic rings. The molecule has 0 saturated heterocycles. The number of hydrogen-bond acceptors (Lipinski definition) is 2. The van der Waals surface area contributed by atoms with Crippen molar-refractivity contribution in [2.24, 2.45) is 5.11 Å². The highest BCUT2D eigenvalue weighted by molar-refractivity contribution is 5.34. The van der Waals surface area contributed by atoms with Crippen LogP contribution in [0.15, 0.2) is 47.4 Å². The molecule has 72 valence electrons. The maximum atomic E-state index is 11.2. The molecule has 2 rings (SSSR count). The number of rotatable bonds is 1. The predicted molar refractivity (Wildman–Crippen MR) is 51.0 cm³/mol. The summed E-state index contributed by atoms with van der Waals surface area (Å²) >= 11 is 0. The Kier molecular flexibility index (Phi) is 1.88. The Morgan fingerprint density at radius 3 is 2.36 bits per heavy atom. The molecule has 0 fully saturated rings. The van der Waals surface area contributed by atoms with Crippen LogP contribution in [0, 0.1) is 0 Å². The maximum absolute atomic E-state index is 11.2. The molecule has 0 radical (unpaired) electrons. The third-order valence-corrected chi connectivity index (χ3v) is 2.39. The van der Waals surface area contributed by atoms with Gasteiger partial charge in [0.1, 0.15) is 5.69 Å². The van der Waals surface area contributed by atoms with Crippen LogP contribution in [-0.2, 0) is 0 Å². The summed E-state index contributed by atoms with van der Waals surface area (Å²) < 4.78 is 1.70. The van der Waals surface area contributed by atoms with E-state index in [0.717, 1.165) is 5.69 Å². The van der Waals surface area contributed by atoms with Crippen molar-refractivity contribution in [2.45, 2.75) is 19.4 Å². The summed E-state index contributed by atoms with van der Waals surface area (Å²) in [7, 11) is 0. The number of nitrogens with zero attached hydrogens (tertiary/aromatic N) is 2. The molecule has 3 heteroatoms. The quantitative estimate of drug-likeness (QED) is 0.619. The third-order valence-electron chi connectivity index (χ3n) is 2.39. The molecule has 0 spiro atoms. The van der Waals surface area contributed by atoms with E-state index in [1.807, 2.05) is 44.2 Å². The summed E-state index contributed by atoms with van der Waals surface area (Å²) in [6.45, 7) is 3.73. The van der Waals surface area contributed by atoms with E-state index in [2.05, 4.69) is 5.11 Å². The first kappa shape index (κ1) is 8.94. The lowest BCUT2D eigenvalue weighted by atomic mass is 9.97. The van der Waals surface area contributed by atoms with Crippen molar-refractivity contribution in [3.63, 3.8) is 0 Å². The molecule has 0 saturated carbocycles. The lowest BCUT2D eigenvalue weighted by Crippen LogP contribution is -2.47. The standard InChI is InChI=1S/C11H12N2O/c1-11(2)10(14)8-13(11)12-9-6-4-3-5-7-9/h3-8H,1-2H3. The van der Waals surface area contributed by atoms with Gasteiger partial charge in [-0.15, -0.1) is 0 Å². The van der Waals surface area contributed by atoms with E-state index in [1.165, 1.54) is 6.20 Å². The number of benzene rings is 1. The molecule has 1 aromatic carbocycles. The van der Waals surface area contributed by atoms with E-state index in [0.29, 0.717) is 0 Å². The first-order chi connectivity index (χ1) is 6.60. The van der Waals surface area contributed by atoms with Crippen LogP contribution in [0.2, 0.25) is 0 Å². The fourth-order valence-corrected chi connectivity index (χ4v) is 1.25. The summed E-state index contributed by atoms with van der Waals surface area (Å²) in [5, 5.41) is 15.5. The molecule has 0 aliphatic carbocycles. The zero-order chi connectivity index (χ0) is 10.2. The first-order valence-corrected chi connectivity index (χ1v) is 4.56. The highest BCUT2D eigenvalue weighted by Gasteiger charge is 2.40. The molecule has 14 heavy (non-hydrogen) atoms. The largest absolute Gasteiger partial charge is 0.867 e. The van der Waals surface area contributed by atoms with E-state index in [4.69, 9.17) is 0 Å². The molecule has 0 atom stereocenters. The topological polar surface area (TPSA) is 38.4 Å². The van der Waals surface area contributed by atoms with E-state index < -0.39 is 5.54 Å². The van der Waals surface area contributed by atoms with Gasteiger partial charge in [-0.1, -0.05) is 22.9 Å².